The van der Waals surface area contributed by atoms with Crippen LogP contribution in [0, 0.1) is 0 Å². The third-order valence-electron chi connectivity index (χ3n) is 7.19. The minimum absolute atomic E-state index is 0.348. The Morgan fingerprint density at radius 3 is 0.974 bits per heavy atom. The fourth-order valence-electron chi connectivity index (χ4n) is 4.72. The van der Waals surface area contributed by atoms with Gasteiger partial charge < -0.3 is 10.2 Å². The summed E-state index contributed by atoms with van der Waals surface area (Å²) in [4.78, 5) is 2.80. The average molecular weight is 559 g/mol. The molecule has 0 amide bonds. The van der Waals surface area contributed by atoms with Gasteiger partial charge in [0.2, 0.25) is 0 Å². The monoisotopic (exact) mass is 558 g/mol. The Morgan fingerprint density at radius 2 is 0.658 bits per heavy atom. The number of hydrogen-bond donors (Lipinski definition) is 2. The summed E-state index contributed by atoms with van der Waals surface area (Å²) in [5.41, 5.74) is 2.87. The van der Waals surface area contributed by atoms with Gasteiger partial charge in [-0.25, -0.2) is 0 Å². The highest BCUT2D eigenvalue weighted by atomic mass is 32.2. The number of thioether (sulfide) groups is 2. The SMILES string of the molecule is OCCCCCCCCCCSc1ccc(CCc2ccc(SCCCCCCCCCCO)cc2)cc1. The van der Waals surface area contributed by atoms with Crippen molar-refractivity contribution >= 4 is 23.5 Å². The molecule has 0 fully saturated rings. The van der Waals surface area contributed by atoms with Gasteiger partial charge >= 0.3 is 0 Å². The normalized spacial score (nSPS) is 11.3. The zero-order chi connectivity index (χ0) is 26.9. The maximum absolute atomic E-state index is 8.81. The fourth-order valence-corrected chi connectivity index (χ4v) is 6.55. The van der Waals surface area contributed by atoms with Crippen molar-refractivity contribution in [2.75, 3.05) is 24.7 Å². The topological polar surface area (TPSA) is 40.5 Å². The maximum atomic E-state index is 8.81. The van der Waals surface area contributed by atoms with E-state index in [1.54, 1.807) is 0 Å². The molecule has 2 rings (SSSR count). The number of aryl methyl sites for hydroxylation is 2. The summed E-state index contributed by atoms with van der Waals surface area (Å²) < 4.78 is 0. The van der Waals surface area contributed by atoms with E-state index < -0.39 is 0 Å². The Hall–Kier alpha value is -0.940. The van der Waals surface area contributed by atoms with Crippen LogP contribution in [0.1, 0.15) is 114 Å². The Bertz CT molecular complexity index is 709. The molecule has 0 aromatic heterocycles. The molecule has 0 aliphatic rings. The van der Waals surface area contributed by atoms with Crippen molar-refractivity contribution < 1.29 is 10.2 Å². The minimum Gasteiger partial charge on any atom is -0.396 e. The molecule has 0 spiro atoms. The molecule has 38 heavy (non-hydrogen) atoms. The van der Waals surface area contributed by atoms with Crippen LogP contribution in [0.5, 0.6) is 0 Å². The van der Waals surface area contributed by atoms with Crippen molar-refractivity contribution in [3.05, 3.63) is 59.7 Å². The Labute approximate surface area is 242 Å². The molecule has 0 atom stereocenters. The Kier molecular flexibility index (Phi) is 20.9. The lowest BCUT2D eigenvalue weighted by atomic mass is 10.0. The predicted molar refractivity (Wildman–Crippen MR) is 170 cm³/mol. The standard InChI is InChI=1S/C34H54O2S2/c35-27-13-9-5-1-3-7-11-15-29-37-33-23-19-31(20-24-33)17-18-32-21-25-34(26-22-32)38-30-16-12-8-4-2-6-10-14-28-36/h19-26,35-36H,1-18,27-30H2. The molecule has 0 aliphatic heterocycles. The van der Waals surface area contributed by atoms with Crippen LogP contribution in [0.4, 0.5) is 0 Å². The summed E-state index contributed by atoms with van der Waals surface area (Å²) in [5.74, 6) is 2.45. The number of unbranched alkanes of at least 4 members (excludes halogenated alkanes) is 14. The molecular formula is C34H54O2S2. The van der Waals surface area contributed by atoms with E-state index >= 15 is 0 Å². The number of rotatable bonds is 25. The highest BCUT2D eigenvalue weighted by Gasteiger charge is 2.01. The second-order valence-electron chi connectivity index (χ2n) is 10.6. The minimum atomic E-state index is 0.348. The molecule has 2 aromatic rings. The summed E-state index contributed by atoms with van der Waals surface area (Å²) in [6, 6.07) is 18.5. The van der Waals surface area contributed by atoms with Gasteiger partial charge in [-0.2, -0.15) is 0 Å². The van der Waals surface area contributed by atoms with Gasteiger partial charge in [0.1, 0.15) is 0 Å². The molecule has 0 bridgehead atoms. The van der Waals surface area contributed by atoms with E-state index in [0.29, 0.717) is 13.2 Å². The van der Waals surface area contributed by atoms with Crippen LogP contribution in [0.3, 0.4) is 0 Å². The van der Waals surface area contributed by atoms with E-state index in [-0.39, 0.29) is 0 Å². The van der Waals surface area contributed by atoms with E-state index in [9.17, 15) is 0 Å². The Morgan fingerprint density at radius 1 is 0.368 bits per heavy atom. The van der Waals surface area contributed by atoms with Gasteiger partial charge in [-0.3, -0.25) is 0 Å². The van der Waals surface area contributed by atoms with Crippen molar-refractivity contribution in [1.29, 1.82) is 0 Å². The first-order valence-electron chi connectivity index (χ1n) is 15.5. The van der Waals surface area contributed by atoms with Crippen molar-refractivity contribution in [3.63, 3.8) is 0 Å². The smallest absolute Gasteiger partial charge is 0.0431 e. The zero-order valence-corrected chi connectivity index (χ0v) is 25.5. The first-order chi connectivity index (χ1) is 18.8. The molecule has 0 aliphatic carbocycles. The summed E-state index contributed by atoms with van der Waals surface area (Å²) in [6.07, 6.45) is 22.4. The van der Waals surface area contributed by atoms with Gasteiger partial charge in [0, 0.05) is 23.0 Å². The zero-order valence-electron chi connectivity index (χ0n) is 23.9. The first kappa shape index (κ1) is 33.3. The molecule has 2 N–H and O–H groups in total. The number of aliphatic hydroxyl groups is 2. The first-order valence-corrected chi connectivity index (χ1v) is 17.4. The van der Waals surface area contributed by atoms with Gasteiger partial charge in [0.25, 0.3) is 0 Å². The number of aliphatic hydroxyl groups excluding tert-OH is 2. The highest BCUT2D eigenvalue weighted by Crippen LogP contribution is 2.23. The lowest BCUT2D eigenvalue weighted by molar-refractivity contribution is 0.282. The quantitative estimate of drug-likeness (QED) is 0.0939. The molecule has 0 heterocycles. The molecular weight excluding hydrogens is 505 g/mol. The van der Waals surface area contributed by atoms with Crippen molar-refractivity contribution in [2.24, 2.45) is 0 Å². The summed E-state index contributed by atoms with van der Waals surface area (Å²) in [7, 11) is 0. The van der Waals surface area contributed by atoms with Crippen LogP contribution < -0.4 is 0 Å². The summed E-state index contributed by atoms with van der Waals surface area (Å²) >= 11 is 3.99. The van der Waals surface area contributed by atoms with Crippen molar-refractivity contribution in [1.82, 2.24) is 0 Å². The number of hydrogen-bond acceptors (Lipinski definition) is 4. The second kappa shape index (κ2) is 23.9. The van der Waals surface area contributed by atoms with Crippen LogP contribution in [0.15, 0.2) is 58.3 Å². The molecule has 0 saturated heterocycles. The third kappa shape index (κ3) is 17.6. The largest absolute Gasteiger partial charge is 0.396 e. The van der Waals surface area contributed by atoms with Crippen molar-refractivity contribution in [3.8, 4) is 0 Å². The van der Waals surface area contributed by atoms with Crippen LogP contribution >= 0.6 is 23.5 Å². The Balaban J connectivity index is 1.48. The predicted octanol–water partition coefficient (Wildman–Crippen LogP) is 9.88. The molecule has 214 valence electrons. The van der Waals surface area contributed by atoms with Gasteiger partial charge in [-0.1, -0.05) is 101 Å². The van der Waals surface area contributed by atoms with E-state index in [0.717, 1.165) is 25.7 Å². The van der Waals surface area contributed by atoms with Crippen LogP contribution in [0.2, 0.25) is 0 Å². The highest BCUT2D eigenvalue weighted by molar-refractivity contribution is 7.99. The van der Waals surface area contributed by atoms with Crippen LogP contribution in [-0.4, -0.2) is 34.9 Å². The van der Waals surface area contributed by atoms with Crippen molar-refractivity contribution in [2.45, 2.75) is 125 Å². The summed E-state index contributed by atoms with van der Waals surface area (Å²) in [5, 5.41) is 17.6. The lowest BCUT2D eigenvalue weighted by Gasteiger charge is -2.07. The van der Waals surface area contributed by atoms with Gasteiger partial charge in [0.15, 0.2) is 0 Å². The maximum Gasteiger partial charge on any atom is 0.0431 e. The van der Waals surface area contributed by atoms with Gasteiger partial charge in [0.05, 0.1) is 0 Å². The molecule has 4 heteroatoms. The molecule has 0 radical (unpaired) electrons. The van der Waals surface area contributed by atoms with E-state index in [1.807, 2.05) is 23.5 Å². The average Bonchev–Trinajstić information content (AvgIpc) is 2.95. The van der Waals surface area contributed by atoms with Gasteiger partial charge in [-0.15, -0.1) is 23.5 Å². The van der Waals surface area contributed by atoms with Crippen LogP contribution in [-0.2, 0) is 12.8 Å². The molecule has 2 aromatic carbocycles. The molecule has 0 saturated carbocycles. The third-order valence-corrected chi connectivity index (χ3v) is 9.39. The molecule has 0 unspecified atom stereocenters. The fraction of sp³-hybridized carbons (Fsp3) is 0.647. The van der Waals surface area contributed by atoms with E-state index in [1.165, 1.54) is 122 Å². The second-order valence-corrected chi connectivity index (χ2v) is 12.9. The lowest BCUT2D eigenvalue weighted by Crippen LogP contribution is -1.91. The number of benzene rings is 2. The molecule has 2 nitrogen and oxygen atoms in total. The van der Waals surface area contributed by atoms with Gasteiger partial charge in [-0.05, 0) is 85.4 Å². The summed E-state index contributed by atoms with van der Waals surface area (Å²) in [6.45, 7) is 0.697. The van der Waals surface area contributed by atoms with Crippen LogP contribution in [0.25, 0.3) is 0 Å². The van der Waals surface area contributed by atoms with E-state index in [2.05, 4.69) is 48.5 Å². The van der Waals surface area contributed by atoms with E-state index in [4.69, 9.17) is 10.2 Å².